The summed E-state index contributed by atoms with van der Waals surface area (Å²) in [7, 11) is 0. The van der Waals surface area contributed by atoms with E-state index in [-0.39, 0.29) is 0 Å². The first kappa shape index (κ1) is 15.6. The standard InChI is InChI=1S/C18H14I2/c1-13-3-7-15(8-4-13)9-12-17(19)18(20)16-10-5-14(2)6-11-16/h3-8,10-11H,1-2H3/b18-17+. The van der Waals surface area contributed by atoms with Gasteiger partial charge in [0.2, 0.25) is 0 Å². The second-order valence-electron chi connectivity index (χ2n) is 4.61. The molecule has 0 saturated heterocycles. The van der Waals surface area contributed by atoms with Crippen LogP contribution in [0, 0.1) is 25.7 Å². The molecule has 0 amide bonds. The molecule has 0 N–H and O–H groups in total. The van der Waals surface area contributed by atoms with Crippen molar-refractivity contribution in [3.8, 4) is 11.8 Å². The van der Waals surface area contributed by atoms with Crippen LogP contribution in [0.2, 0.25) is 0 Å². The van der Waals surface area contributed by atoms with E-state index >= 15 is 0 Å². The van der Waals surface area contributed by atoms with Crippen molar-refractivity contribution in [1.82, 2.24) is 0 Å². The molecule has 0 saturated carbocycles. The molecule has 2 aromatic carbocycles. The molecule has 0 spiro atoms. The molecular formula is C18H14I2. The maximum absolute atomic E-state index is 3.24. The average Bonchev–Trinajstić information content (AvgIpc) is 2.46. The normalized spacial score (nSPS) is 11.4. The molecular weight excluding hydrogens is 470 g/mol. The molecule has 0 aromatic heterocycles. The highest BCUT2D eigenvalue weighted by Crippen LogP contribution is 2.29. The second kappa shape index (κ2) is 7.28. The van der Waals surface area contributed by atoms with E-state index in [0.717, 1.165) is 9.14 Å². The number of hydrogen-bond acceptors (Lipinski definition) is 0. The highest BCUT2D eigenvalue weighted by molar-refractivity contribution is 14.1. The van der Waals surface area contributed by atoms with Crippen LogP contribution < -0.4 is 0 Å². The number of halogens is 2. The minimum absolute atomic E-state index is 1.05. The lowest BCUT2D eigenvalue weighted by Gasteiger charge is -2.01. The molecule has 0 atom stereocenters. The lowest BCUT2D eigenvalue weighted by molar-refractivity contribution is 1.46. The van der Waals surface area contributed by atoms with E-state index in [9.17, 15) is 0 Å². The Labute approximate surface area is 148 Å². The van der Waals surface area contributed by atoms with Crippen LogP contribution in [0.15, 0.2) is 52.1 Å². The van der Waals surface area contributed by atoms with Gasteiger partial charge in [-0.05, 0) is 76.7 Å². The van der Waals surface area contributed by atoms with Gasteiger partial charge in [-0.3, -0.25) is 0 Å². The van der Waals surface area contributed by atoms with Crippen LogP contribution in [-0.2, 0) is 0 Å². The summed E-state index contributed by atoms with van der Waals surface area (Å²) in [5.41, 5.74) is 4.81. The molecule has 0 fully saturated rings. The first-order chi connectivity index (χ1) is 9.56. The molecule has 20 heavy (non-hydrogen) atoms. The number of rotatable bonds is 1. The maximum Gasteiger partial charge on any atom is 0.0772 e. The molecule has 0 aliphatic heterocycles. The highest BCUT2D eigenvalue weighted by atomic mass is 127. The van der Waals surface area contributed by atoms with Crippen molar-refractivity contribution >= 4 is 48.8 Å². The highest BCUT2D eigenvalue weighted by Gasteiger charge is 2.01. The Morgan fingerprint density at radius 3 is 1.85 bits per heavy atom. The third-order valence-corrected chi connectivity index (χ3v) is 5.87. The van der Waals surface area contributed by atoms with Gasteiger partial charge in [0.25, 0.3) is 0 Å². The lowest BCUT2D eigenvalue weighted by atomic mass is 10.1. The van der Waals surface area contributed by atoms with Crippen LogP contribution >= 0.6 is 45.2 Å². The van der Waals surface area contributed by atoms with E-state index in [1.54, 1.807) is 0 Å². The van der Waals surface area contributed by atoms with Crippen molar-refractivity contribution in [1.29, 1.82) is 0 Å². The number of benzene rings is 2. The molecule has 0 unspecified atom stereocenters. The molecule has 0 aliphatic rings. The van der Waals surface area contributed by atoms with Crippen molar-refractivity contribution in [2.45, 2.75) is 13.8 Å². The number of hydrogen-bond donors (Lipinski definition) is 0. The Kier molecular flexibility index (Phi) is 5.67. The fourth-order valence-electron chi connectivity index (χ4n) is 1.65. The van der Waals surface area contributed by atoms with E-state index in [1.165, 1.54) is 20.3 Å². The topological polar surface area (TPSA) is 0 Å². The largest absolute Gasteiger partial charge is 0.0772 e. The Morgan fingerprint density at radius 1 is 0.800 bits per heavy atom. The first-order valence-corrected chi connectivity index (χ1v) is 8.43. The van der Waals surface area contributed by atoms with Gasteiger partial charge in [-0.1, -0.05) is 59.4 Å². The van der Waals surface area contributed by atoms with Crippen LogP contribution in [0.3, 0.4) is 0 Å². The number of aryl methyl sites for hydroxylation is 2. The molecule has 100 valence electrons. The molecule has 2 aromatic rings. The zero-order valence-electron chi connectivity index (χ0n) is 11.4. The predicted octanol–water partition coefficient (Wildman–Crippen LogP) is 5.89. The van der Waals surface area contributed by atoms with Crippen molar-refractivity contribution in [3.63, 3.8) is 0 Å². The van der Waals surface area contributed by atoms with Crippen LogP contribution in [-0.4, -0.2) is 0 Å². The van der Waals surface area contributed by atoms with Gasteiger partial charge < -0.3 is 0 Å². The zero-order chi connectivity index (χ0) is 14.5. The molecule has 0 aliphatic carbocycles. The zero-order valence-corrected chi connectivity index (χ0v) is 15.7. The van der Waals surface area contributed by atoms with Gasteiger partial charge in [-0.15, -0.1) is 0 Å². The fourth-order valence-corrected chi connectivity index (χ4v) is 2.59. The van der Waals surface area contributed by atoms with E-state index in [0.29, 0.717) is 0 Å². The average molecular weight is 484 g/mol. The fraction of sp³-hybridized carbons (Fsp3) is 0.111. The van der Waals surface area contributed by atoms with E-state index in [1.807, 2.05) is 0 Å². The quantitative estimate of drug-likeness (QED) is 0.350. The van der Waals surface area contributed by atoms with Gasteiger partial charge in [0.1, 0.15) is 0 Å². The molecule has 0 radical (unpaired) electrons. The maximum atomic E-state index is 3.24. The summed E-state index contributed by atoms with van der Waals surface area (Å²) in [6.07, 6.45) is 0. The smallest absolute Gasteiger partial charge is 0.0611 e. The Morgan fingerprint density at radius 2 is 1.30 bits per heavy atom. The summed E-state index contributed by atoms with van der Waals surface area (Å²) in [5, 5.41) is 0. The van der Waals surface area contributed by atoms with Crippen molar-refractivity contribution in [3.05, 3.63) is 74.4 Å². The summed E-state index contributed by atoms with van der Waals surface area (Å²) in [6, 6.07) is 16.8. The van der Waals surface area contributed by atoms with Gasteiger partial charge >= 0.3 is 0 Å². The Hall–Kier alpha value is -0.800. The van der Waals surface area contributed by atoms with Gasteiger partial charge in [0.05, 0.1) is 3.58 Å². The van der Waals surface area contributed by atoms with Gasteiger partial charge in [0.15, 0.2) is 0 Å². The van der Waals surface area contributed by atoms with Crippen molar-refractivity contribution in [2.24, 2.45) is 0 Å². The predicted molar refractivity (Wildman–Crippen MR) is 104 cm³/mol. The third-order valence-electron chi connectivity index (χ3n) is 2.87. The summed E-state index contributed by atoms with van der Waals surface area (Å²) >= 11 is 4.67. The summed E-state index contributed by atoms with van der Waals surface area (Å²) in [6.45, 7) is 4.18. The van der Waals surface area contributed by atoms with E-state index in [2.05, 4.69) is 119 Å². The first-order valence-electron chi connectivity index (χ1n) is 6.27. The van der Waals surface area contributed by atoms with Gasteiger partial charge in [-0.2, -0.15) is 0 Å². The van der Waals surface area contributed by atoms with Crippen LogP contribution in [0.5, 0.6) is 0 Å². The molecule has 0 nitrogen and oxygen atoms in total. The number of allylic oxidation sites excluding steroid dienone is 1. The Bertz CT molecular complexity index is 681. The third kappa shape index (κ3) is 4.35. The molecule has 2 rings (SSSR count). The lowest BCUT2D eigenvalue weighted by Crippen LogP contribution is -1.80. The van der Waals surface area contributed by atoms with Crippen molar-refractivity contribution < 1.29 is 0 Å². The molecule has 0 heterocycles. The van der Waals surface area contributed by atoms with Crippen LogP contribution in [0.4, 0.5) is 0 Å². The molecule has 2 heteroatoms. The SMILES string of the molecule is Cc1ccc(C#C/C(I)=C(\I)c2ccc(C)cc2)cc1. The Balaban J connectivity index is 2.26. The van der Waals surface area contributed by atoms with Crippen LogP contribution in [0.25, 0.3) is 3.58 Å². The minimum atomic E-state index is 1.05. The van der Waals surface area contributed by atoms with Crippen molar-refractivity contribution in [2.75, 3.05) is 0 Å². The monoisotopic (exact) mass is 484 g/mol. The summed E-state index contributed by atoms with van der Waals surface area (Å²) in [5.74, 6) is 6.45. The van der Waals surface area contributed by atoms with Crippen LogP contribution in [0.1, 0.15) is 22.3 Å². The second-order valence-corrected chi connectivity index (χ2v) is 6.77. The van der Waals surface area contributed by atoms with Gasteiger partial charge in [-0.25, -0.2) is 0 Å². The minimum Gasteiger partial charge on any atom is -0.0611 e. The van der Waals surface area contributed by atoms with E-state index in [4.69, 9.17) is 0 Å². The summed E-state index contributed by atoms with van der Waals surface area (Å²) < 4.78 is 2.27. The molecule has 0 bridgehead atoms. The van der Waals surface area contributed by atoms with E-state index < -0.39 is 0 Å². The van der Waals surface area contributed by atoms with Gasteiger partial charge in [0, 0.05) is 9.14 Å². The summed E-state index contributed by atoms with van der Waals surface area (Å²) in [4.78, 5) is 0.